The molecule has 0 saturated carbocycles. The summed E-state index contributed by atoms with van der Waals surface area (Å²) in [5, 5.41) is 11.6. The van der Waals surface area contributed by atoms with Crippen molar-refractivity contribution in [3.05, 3.63) is 45.5 Å². The number of aromatic nitrogens is 3. The van der Waals surface area contributed by atoms with Gasteiger partial charge in [0.25, 0.3) is 5.56 Å². The van der Waals surface area contributed by atoms with Crippen molar-refractivity contribution in [3.8, 4) is 5.75 Å². The van der Waals surface area contributed by atoms with E-state index in [1.54, 1.807) is 12.1 Å². The number of ether oxygens (including phenoxy) is 2. The van der Waals surface area contributed by atoms with Crippen LogP contribution in [0.2, 0.25) is 5.02 Å². The van der Waals surface area contributed by atoms with Crippen LogP contribution in [-0.4, -0.2) is 58.7 Å². The summed E-state index contributed by atoms with van der Waals surface area (Å²) in [5.41, 5.74) is 1.21. The molecule has 0 aliphatic carbocycles. The van der Waals surface area contributed by atoms with E-state index in [1.165, 1.54) is 22.2 Å². The SMILES string of the molecule is Cc1ccc(Cl)c(OCC(O)Cn2cnc3nc(N4CCOCC4)sc3c2=O)c1. The van der Waals surface area contributed by atoms with Gasteiger partial charge in [-0.15, -0.1) is 0 Å². The van der Waals surface area contributed by atoms with E-state index in [4.69, 9.17) is 21.1 Å². The van der Waals surface area contributed by atoms with Crippen LogP contribution in [0.15, 0.2) is 29.3 Å². The Morgan fingerprint density at radius 3 is 2.97 bits per heavy atom. The van der Waals surface area contributed by atoms with Crippen molar-refractivity contribution in [2.24, 2.45) is 0 Å². The number of anilines is 1. The highest BCUT2D eigenvalue weighted by Crippen LogP contribution is 2.26. The highest BCUT2D eigenvalue weighted by atomic mass is 35.5. The van der Waals surface area contributed by atoms with Crippen molar-refractivity contribution >= 4 is 38.4 Å². The zero-order valence-electron chi connectivity index (χ0n) is 15.9. The zero-order valence-corrected chi connectivity index (χ0v) is 17.4. The number of fused-ring (bicyclic) bond motifs is 1. The molecule has 1 aromatic carbocycles. The molecule has 29 heavy (non-hydrogen) atoms. The third-order valence-corrected chi connectivity index (χ3v) is 5.99. The second kappa shape index (κ2) is 8.66. The largest absolute Gasteiger partial charge is 0.489 e. The minimum atomic E-state index is -0.893. The summed E-state index contributed by atoms with van der Waals surface area (Å²) >= 11 is 7.43. The highest BCUT2D eigenvalue weighted by molar-refractivity contribution is 7.22. The summed E-state index contributed by atoms with van der Waals surface area (Å²) in [6, 6.07) is 5.43. The molecule has 4 rings (SSSR count). The molecule has 1 unspecified atom stereocenters. The molecule has 0 amide bonds. The fourth-order valence-electron chi connectivity index (χ4n) is 3.04. The van der Waals surface area contributed by atoms with Crippen LogP contribution in [0.5, 0.6) is 5.75 Å². The second-order valence-corrected chi connectivity index (χ2v) is 8.23. The number of nitrogens with zero attached hydrogens (tertiary/aromatic N) is 4. The smallest absolute Gasteiger partial charge is 0.273 e. The van der Waals surface area contributed by atoms with E-state index in [-0.39, 0.29) is 18.7 Å². The quantitative estimate of drug-likeness (QED) is 0.632. The monoisotopic (exact) mass is 436 g/mol. The molecule has 3 heterocycles. The Hall–Kier alpha value is -2.20. The topological polar surface area (TPSA) is 89.7 Å². The van der Waals surface area contributed by atoms with Crippen molar-refractivity contribution in [1.29, 1.82) is 0 Å². The Balaban J connectivity index is 1.46. The van der Waals surface area contributed by atoms with Gasteiger partial charge in [-0.2, -0.15) is 4.98 Å². The first kappa shape index (κ1) is 20.1. The third-order valence-electron chi connectivity index (χ3n) is 4.58. The van der Waals surface area contributed by atoms with E-state index >= 15 is 0 Å². The standard InChI is InChI=1S/C19H21ClN4O4S/c1-12-2-3-14(20)15(8-12)28-10-13(25)9-24-11-21-17-16(18(24)26)29-19(22-17)23-4-6-27-7-5-23/h2-3,8,11,13,25H,4-7,9-10H2,1H3. The van der Waals surface area contributed by atoms with Crippen LogP contribution in [-0.2, 0) is 11.3 Å². The molecule has 8 nitrogen and oxygen atoms in total. The molecule has 154 valence electrons. The minimum Gasteiger partial charge on any atom is -0.489 e. The van der Waals surface area contributed by atoms with Crippen LogP contribution in [0, 0.1) is 6.92 Å². The summed E-state index contributed by atoms with van der Waals surface area (Å²) in [6.07, 6.45) is 0.520. The number of aliphatic hydroxyl groups excluding tert-OH is 1. The van der Waals surface area contributed by atoms with E-state index in [2.05, 4.69) is 14.9 Å². The minimum absolute atomic E-state index is 0.00929. The van der Waals surface area contributed by atoms with E-state index in [1.807, 2.05) is 13.0 Å². The van der Waals surface area contributed by atoms with Gasteiger partial charge < -0.3 is 19.5 Å². The average Bonchev–Trinajstić information content (AvgIpc) is 3.17. The molecule has 1 N–H and O–H groups in total. The highest BCUT2D eigenvalue weighted by Gasteiger charge is 2.19. The Morgan fingerprint density at radius 1 is 1.38 bits per heavy atom. The van der Waals surface area contributed by atoms with Gasteiger partial charge in [0.1, 0.15) is 29.5 Å². The number of aliphatic hydroxyl groups is 1. The van der Waals surface area contributed by atoms with Crippen molar-refractivity contribution in [2.75, 3.05) is 37.8 Å². The number of hydrogen-bond acceptors (Lipinski definition) is 8. The lowest BCUT2D eigenvalue weighted by molar-refractivity contribution is 0.0915. The van der Waals surface area contributed by atoms with Gasteiger partial charge in [0, 0.05) is 13.1 Å². The molecule has 10 heteroatoms. The van der Waals surface area contributed by atoms with Gasteiger partial charge >= 0.3 is 0 Å². The molecule has 0 radical (unpaired) electrons. The Morgan fingerprint density at radius 2 is 2.17 bits per heavy atom. The fourth-order valence-corrected chi connectivity index (χ4v) is 4.23. The summed E-state index contributed by atoms with van der Waals surface area (Å²) < 4.78 is 12.8. The van der Waals surface area contributed by atoms with Gasteiger partial charge in [-0.05, 0) is 24.6 Å². The number of benzene rings is 1. The Bertz CT molecular complexity index is 1060. The molecule has 1 aliphatic rings. The first-order valence-corrected chi connectivity index (χ1v) is 10.5. The van der Waals surface area contributed by atoms with E-state index in [9.17, 15) is 9.90 Å². The molecule has 1 fully saturated rings. The first-order chi connectivity index (χ1) is 14.0. The number of thiazole rings is 1. The van der Waals surface area contributed by atoms with Crippen LogP contribution in [0.1, 0.15) is 5.56 Å². The number of halogens is 1. The third kappa shape index (κ3) is 4.53. The van der Waals surface area contributed by atoms with Gasteiger partial charge in [-0.25, -0.2) is 4.98 Å². The molecule has 1 saturated heterocycles. The molecule has 2 aromatic heterocycles. The molecule has 1 atom stereocenters. The van der Waals surface area contributed by atoms with Gasteiger partial charge in [0.2, 0.25) is 0 Å². The van der Waals surface area contributed by atoms with Gasteiger partial charge in [-0.3, -0.25) is 9.36 Å². The van der Waals surface area contributed by atoms with Crippen molar-refractivity contribution in [1.82, 2.24) is 14.5 Å². The van der Waals surface area contributed by atoms with Crippen LogP contribution in [0.3, 0.4) is 0 Å². The second-order valence-electron chi connectivity index (χ2n) is 6.85. The molecule has 0 spiro atoms. The normalized spacial score (nSPS) is 15.6. The predicted octanol–water partition coefficient (Wildman–Crippen LogP) is 2.09. The summed E-state index contributed by atoms with van der Waals surface area (Å²) in [7, 11) is 0. The lowest BCUT2D eigenvalue weighted by Crippen LogP contribution is -2.36. The molecule has 3 aromatic rings. The van der Waals surface area contributed by atoms with E-state index < -0.39 is 6.10 Å². The lowest BCUT2D eigenvalue weighted by Gasteiger charge is -2.25. The van der Waals surface area contributed by atoms with Gasteiger partial charge in [-0.1, -0.05) is 29.0 Å². The van der Waals surface area contributed by atoms with Crippen LogP contribution in [0.4, 0.5) is 5.13 Å². The van der Waals surface area contributed by atoms with Crippen LogP contribution < -0.4 is 15.2 Å². The van der Waals surface area contributed by atoms with E-state index in [0.717, 1.165) is 23.8 Å². The van der Waals surface area contributed by atoms with Crippen molar-refractivity contribution in [2.45, 2.75) is 19.6 Å². The maximum Gasteiger partial charge on any atom is 0.273 e. The fraction of sp³-hybridized carbons (Fsp3) is 0.421. The lowest BCUT2D eigenvalue weighted by atomic mass is 10.2. The number of aryl methyl sites for hydroxylation is 1. The predicted molar refractivity (Wildman–Crippen MR) is 112 cm³/mol. The number of morpholine rings is 1. The number of rotatable bonds is 6. The first-order valence-electron chi connectivity index (χ1n) is 9.27. The van der Waals surface area contributed by atoms with E-state index in [0.29, 0.717) is 34.3 Å². The van der Waals surface area contributed by atoms with Crippen molar-refractivity contribution < 1.29 is 14.6 Å². The Kier molecular flexibility index (Phi) is 6.00. The molecular formula is C19H21ClN4O4S. The van der Waals surface area contributed by atoms with Gasteiger partial charge in [0.15, 0.2) is 10.8 Å². The maximum absolute atomic E-state index is 12.8. The molecular weight excluding hydrogens is 416 g/mol. The molecule has 0 bridgehead atoms. The maximum atomic E-state index is 12.8. The zero-order chi connectivity index (χ0) is 20.4. The number of hydrogen-bond donors (Lipinski definition) is 1. The summed E-state index contributed by atoms with van der Waals surface area (Å²) in [4.78, 5) is 23.7. The Labute approximate surface area is 176 Å². The van der Waals surface area contributed by atoms with Crippen LogP contribution >= 0.6 is 22.9 Å². The molecule has 1 aliphatic heterocycles. The summed E-state index contributed by atoms with van der Waals surface area (Å²) in [6.45, 7) is 4.78. The van der Waals surface area contributed by atoms with Crippen molar-refractivity contribution in [3.63, 3.8) is 0 Å². The van der Waals surface area contributed by atoms with Crippen LogP contribution in [0.25, 0.3) is 10.3 Å². The van der Waals surface area contributed by atoms with Gasteiger partial charge in [0.05, 0.1) is 24.8 Å². The average molecular weight is 437 g/mol. The summed E-state index contributed by atoms with van der Waals surface area (Å²) in [5.74, 6) is 0.504.